The third-order valence-corrected chi connectivity index (χ3v) is 13.6. The van der Waals surface area contributed by atoms with Crippen LogP contribution >= 0.6 is 0 Å². The number of carbonyl (C=O) groups excluding carboxylic acids is 4. The molecule has 5 fully saturated rings. The van der Waals surface area contributed by atoms with E-state index in [1.807, 2.05) is 36.4 Å². The average molecular weight is 743 g/mol. The van der Waals surface area contributed by atoms with Gasteiger partial charge >= 0.3 is 0 Å². The Morgan fingerprint density at radius 2 is 1.16 bits per heavy atom. The second-order valence-electron chi connectivity index (χ2n) is 16.5. The molecular weight excluding hydrogens is 693 g/mol. The van der Waals surface area contributed by atoms with Gasteiger partial charge in [0.2, 0.25) is 23.6 Å². The van der Waals surface area contributed by atoms with Crippen molar-refractivity contribution in [3.05, 3.63) is 107 Å². The van der Waals surface area contributed by atoms with Gasteiger partial charge in [-0.2, -0.15) is 0 Å². The summed E-state index contributed by atoms with van der Waals surface area (Å²) in [5, 5.41) is 11.5. The van der Waals surface area contributed by atoms with Crippen molar-refractivity contribution in [1.29, 1.82) is 0 Å². The number of likely N-dealkylation sites (tertiary alicyclic amines) is 4. The van der Waals surface area contributed by atoms with Crippen molar-refractivity contribution in [2.24, 2.45) is 29.6 Å². The Morgan fingerprint density at radius 3 is 1.69 bits per heavy atom. The third kappa shape index (κ3) is 6.37. The molecule has 3 aromatic carbocycles. The molecule has 4 aliphatic heterocycles. The Morgan fingerprint density at radius 1 is 0.636 bits per heavy atom. The summed E-state index contributed by atoms with van der Waals surface area (Å²) in [6.07, 6.45) is 5.68. The lowest BCUT2D eigenvalue weighted by molar-refractivity contribution is -0.146. The molecule has 0 radical (unpaired) electrons. The molecule has 1 N–H and O–H groups in total. The first-order valence-electron chi connectivity index (χ1n) is 20.1. The lowest BCUT2D eigenvalue weighted by atomic mass is 9.57. The number of amides is 4. The van der Waals surface area contributed by atoms with Crippen molar-refractivity contribution in [2.75, 3.05) is 33.3 Å². The summed E-state index contributed by atoms with van der Waals surface area (Å²) in [6.45, 7) is 4.84. The summed E-state index contributed by atoms with van der Waals surface area (Å²) in [6, 6.07) is 25.5. The van der Waals surface area contributed by atoms with Crippen LogP contribution in [0.15, 0.2) is 90.5 Å². The number of ether oxygens (including phenoxy) is 1. The molecule has 6 atom stereocenters. The average Bonchev–Trinajstić information content (AvgIpc) is 3.62. The van der Waals surface area contributed by atoms with E-state index in [9.17, 15) is 24.3 Å². The SMILES string of the molecule is COc1ccc(C2C3=CCC4C(=O)N(C5CCN(Cc6ccccc6)CC5)C(=O)C4C3CC3C(=O)N(C4CCN(Cc5ccccc5)CC4)C(=O)C32)c(O)c1. The van der Waals surface area contributed by atoms with Crippen molar-refractivity contribution >= 4 is 23.6 Å². The second kappa shape index (κ2) is 14.7. The first-order valence-corrected chi connectivity index (χ1v) is 20.1. The van der Waals surface area contributed by atoms with E-state index in [2.05, 4.69) is 40.1 Å². The van der Waals surface area contributed by atoms with Crippen LogP contribution in [0.25, 0.3) is 0 Å². The van der Waals surface area contributed by atoms with E-state index in [0.717, 1.165) is 57.7 Å². The Labute approximate surface area is 322 Å². The second-order valence-corrected chi connectivity index (χ2v) is 16.5. The monoisotopic (exact) mass is 742 g/mol. The molecule has 10 nitrogen and oxygen atoms in total. The van der Waals surface area contributed by atoms with Crippen LogP contribution in [0.3, 0.4) is 0 Å². The number of hydrogen-bond acceptors (Lipinski definition) is 8. The number of allylic oxidation sites excluding steroid dienone is 2. The van der Waals surface area contributed by atoms with Crippen LogP contribution in [-0.2, 0) is 32.3 Å². The third-order valence-electron chi connectivity index (χ3n) is 13.6. The molecule has 286 valence electrons. The topological polar surface area (TPSA) is 111 Å². The maximum Gasteiger partial charge on any atom is 0.234 e. The van der Waals surface area contributed by atoms with Gasteiger partial charge in [-0.25, -0.2) is 0 Å². The highest BCUT2D eigenvalue weighted by atomic mass is 16.5. The molecule has 0 spiro atoms. The number of hydrogen-bond donors (Lipinski definition) is 1. The molecule has 3 aromatic rings. The number of piperidine rings is 2. The van der Waals surface area contributed by atoms with Gasteiger partial charge in [-0.15, -0.1) is 0 Å². The predicted octanol–water partition coefficient (Wildman–Crippen LogP) is 5.37. The minimum atomic E-state index is -0.689. The van der Waals surface area contributed by atoms with E-state index in [1.165, 1.54) is 18.2 Å². The quantitative estimate of drug-likeness (QED) is 0.243. The largest absolute Gasteiger partial charge is 0.508 e. The normalized spacial score (nSPS) is 29.3. The number of phenols is 1. The predicted molar refractivity (Wildman–Crippen MR) is 205 cm³/mol. The molecule has 4 amide bonds. The van der Waals surface area contributed by atoms with Gasteiger partial charge < -0.3 is 9.84 Å². The van der Waals surface area contributed by atoms with Crippen LogP contribution in [0.5, 0.6) is 11.5 Å². The minimum Gasteiger partial charge on any atom is -0.508 e. The molecule has 6 unspecified atom stereocenters. The minimum absolute atomic E-state index is 0.00240. The van der Waals surface area contributed by atoms with E-state index < -0.39 is 29.6 Å². The smallest absolute Gasteiger partial charge is 0.234 e. The fraction of sp³-hybridized carbons (Fsp3) is 0.467. The van der Waals surface area contributed by atoms with Crippen LogP contribution in [-0.4, -0.2) is 93.7 Å². The number of nitrogens with zero attached hydrogens (tertiary/aromatic N) is 4. The zero-order valence-electron chi connectivity index (χ0n) is 31.5. The van der Waals surface area contributed by atoms with Gasteiger partial charge in [0.1, 0.15) is 11.5 Å². The van der Waals surface area contributed by atoms with Crippen LogP contribution in [0.2, 0.25) is 0 Å². The molecule has 10 heteroatoms. The van der Waals surface area contributed by atoms with Crippen molar-refractivity contribution < 1.29 is 29.0 Å². The Hall–Kier alpha value is -4.80. The fourth-order valence-electron chi connectivity index (χ4n) is 11.0. The molecule has 4 saturated heterocycles. The Bertz CT molecular complexity index is 1990. The fourth-order valence-corrected chi connectivity index (χ4v) is 11.0. The first kappa shape index (κ1) is 35.9. The molecule has 9 rings (SSSR count). The zero-order valence-corrected chi connectivity index (χ0v) is 31.5. The summed E-state index contributed by atoms with van der Waals surface area (Å²) in [4.78, 5) is 66.0. The molecule has 0 bridgehead atoms. The first-order chi connectivity index (χ1) is 26.8. The number of fused-ring (bicyclic) bond motifs is 4. The van der Waals surface area contributed by atoms with E-state index in [0.29, 0.717) is 37.0 Å². The van der Waals surface area contributed by atoms with Gasteiger partial charge in [0.25, 0.3) is 0 Å². The molecule has 6 aliphatic rings. The Kier molecular flexibility index (Phi) is 9.58. The number of methoxy groups -OCH3 is 1. The number of phenolic OH excluding ortho intramolecular Hbond substituents is 1. The van der Waals surface area contributed by atoms with Gasteiger partial charge in [0, 0.05) is 68.9 Å². The van der Waals surface area contributed by atoms with E-state index >= 15 is 0 Å². The summed E-state index contributed by atoms with van der Waals surface area (Å²) >= 11 is 0. The molecule has 4 heterocycles. The van der Waals surface area contributed by atoms with Crippen molar-refractivity contribution in [3.8, 4) is 11.5 Å². The molecule has 55 heavy (non-hydrogen) atoms. The number of rotatable bonds is 8. The van der Waals surface area contributed by atoms with Gasteiger partial charge in [-0.1, -0.05) is 78.4 Å². The van der Waals surface area contributed by atoms with Crippen LogP contribution in [0, 0.1) is 29.6 Å². The van der Waals surface area contributed by atoms with Crippen LogP contribution in [0.1, 0.15) is 61.1 Å². The molecule has 0 aromatic heterocycles. The lowest BCUT2D eigenvalue weighted by Crippen LogP contribution is -2.48. The molecule has 2 aliphatic carbocycles. The Balaban J connectivity index is 0.973. The van der Waals surface area contributed by atoms with E-state index in [1.54, 1.807) is 28.0 Å². The maximum absolute atomic E-state index is 14.7. The molecule has 1 saturated carbocycles. The van der Waals surface area contributed by atoms with Gasteiger partial charge in [-0.05, 0) is 61.6 Å². The van der Waals surface area contributed by atoms with Gasteiger partial charge in [-0.3, -0.25) is 38.8 Å². The number of carbonyl (C=O) groups is 4. The van der Waals surface area contributed by atoms with Gasteiger partial charge in [0.15, 0.2) is 0 Å². The van der Waals surface area contributed by atoms with Crippen molar-refractivity contribution in [3.63, 3.8) is 0 Å². The maximum atomic E-state index is 14.7. The highest BCUT2D eigenvalue weighted by Gasteiger charge is 2.63. The summed E-state index contributed by atoms with van der Waals surface area (Å²) in [5.41, 5.74) is 3.96. The summed E-state index contributed by atoms with van der Waals surface area (Å²) in [7, 11) is 1.54. The van der Waals surface area contributed by atoms with E-state index in [4.69, 9.17) is 4.74 Å². The van der Waals surface area contributed by atoms with Crippen LogP contribution < -0.4 is 4.74 Å². The molecular formula is C45H50N4O6. The van der Waals surface area contributed by atoms with E-state index in [-0.39, 0.29) is 47.4 Å². The standard InChI is InChI=1S/C45H50N4O6/c1-55-32-12-13-34(38(50)24-32)39-33-14-15-35-40(44(53)48(42(35)51)30-16-20-46(21-17-30)26-28-8-4-2-5-9-28)36(33)25-37-41(39)45(54)49(43(37)52)31-18-22-47(23-19-31)27-29-10-6-3-7-11-29/h2-14,24,30-31,35-37,39-41,50H,15-23,25-27H2,1H3. The van der Waals surface area contributed by atoms with Crippen molar-refractivity contribution in [2.45, 2.75) is 69.6 Å². The summed E-state index contributed by atoms with van der Waals surface area (Å²) in [5.74, 6) is -3.47. The highest BCUT2D eigenvalue weighted by Crippen LogP contribution is 2.59. The number of imide groups is 2. The van der Waals surface area contributed by atoms with Gasteiger partial charge in [0.05, 0.1) is 30.8 Å². The van der Waals surface area contributed by atoms with Crippen molar-refractivity contribution in [1.82, 2.24) is 19.6 Å². The summed E-state index contributed by atoms with van der Waals surface area (Å²) < 4.78 is 5.40. The zero-order chi connectivity index (χ0) is 37.8. The number of benzene rings is 3. The van der Waals surface area contributed by atoms with Crippen LogP contribution in [0.4, 0.5) is 0 Å². The lowest BCUT2D eigenvalue weighted by Gasteiger charge is -2.44. The highest BCUT2D eigenvalue weighted by molar-refractivity contribution is 6.08. The number of aromatic hydroxyl groups is 1.